The first-order chi connectivity index (χ1) is 10.5. The van der Waals surface area contributed by atoms with E-state index in [0.717, 1.165) is 38.6 Å². The fourth-order valence-corrected chi connectivity index (χ4v) is 2.19. The molecule has 124 valence electrons. The van der Waals surface area contributed by atoms with Gasteiger partial charge in [0.25, 0.3) is 5.91 Å². The lowest BCUT2D eigenvalue weighted by Crippen LogP contribution is -2.27. The maximum atomic E-state index is 12.1. The molecule has 1 aromatic heterocycles. The van der Waals surface area contributed by atoms with E-state index in [4.69, 9.17) is 4.42 Å². The van der Waals surface area contributed by atoms with E-state index in [0.29, 0.717) is 17.4 Å². The summed E-state index contributed by atoms with van der Waals surface area (Å²) in [7, 11) is 1.51. The summed E-state index contributed by atoms with van der Waals surface area (Å²) in [5.74, 6) is 0.777. The number of carbonyl (C=O) groups is 1. The Balaban J connectivity index is 2.99. The summed E-state index contributed by atoms with van der Waals surface area (Å²) in [5, 5.41) is 5.71. The van der Waals surface area contributed by atoms with Crippen LogP contribution in [0.15, 0.2) is 15.3 Å². The molecule has 0 unspecified atom stereocenters. The minimum atomic E-state index is -0.569. The SMILES string of the molecule is CCCCCc1cc(NCCC(C)C)c(C(=O)NC)c(=O)o1. The van der Waals surface area contributed by atoms with Crippen molar-refractivity contribution >= 4 is 11.6 Å². The van der Waals surface area contributed by atoms with Crippen molar-refractivity contribution in [2.24, 2.45) is 5.92 Å². The van der Waals surface area contributed by atoms with E-state index in [1.54, 1.807) is 6.07 Å². The van der Waals surface area contributed by atoms with Gasteiger partial charge in [0.05, 0.1) is 5.69 Å². The highest BCUT2D eigenvalue weighted by atomic mass is 16.4. The number of aryl methyl sites for hydroxylation is 1. The first-order valence-electron chi connectivity index (χ1n) is 8.12. The van der Waals surface area contributed by atoms with E-state index < -0.39 is 11.5 Å². The van der Waals surface area contributed by atoms with E-state index in [1.165, 1.54) is 7.05 Å². The van der Waals surface area contributed by atoms with Crippen LogP contribution in [0.5, 0.6) is 0 Å². The fourth-order valence-electron chi connectivity index (χ4n) is 2.19. The van der Waals surface area contributed by atoms with Crippen LogP contribution in [-0.2, 0) is 6.42 Å². The highest BCUT2D eigenvalue weighted by Crippen LogP contribution is 2.17. The third-order valence-corrected chi connectivity index (χ3v) is 3.52. The molecule has 0 spiro atoms. The summed E-state index contributed by atoms with van der Waals surface area (Å²) >= 11 is 0. The van der Waals surface area contributed by atoms with Gasteiger partial charge in [-0.3, -0.25) is 4.79 Å². The van der Waals surface area contributed by atoms with Gasteiger partial charge in [-0.1, -0.05) is 33.6 Å². The highest BCUT2D eigenvalue weighted by molar-refractivity contribution is 5.98. The molecule has 0 saturated heterocycles. The Hall–Kier alpha value is -1.78. The Labute approximate surface area is 132 Å². The zero-order valence-corrected chi connectivity index (χ0v) is 14.1. The molecular weight excluding hydrogens is 280 g/mol. The van der Waals surface area contributed by atoms with Gasteiger partial charge in [0.15, 0.2) is 0 Å². The second-order valence-electron chi connectivity index (χ2n) is 5.93. The van der Waals surface area contributed by atoms with E-state index in [-0.39, 0.29) is 5.56 Å². The molecule has 5 heteroatoms. The van der Waals surface area contributed by atoms with Crippen LogP contribution in [0.4, 0.5) is 5.69 Å². The minimum absolute atomic E-state index is 0.0606. The van der Waals surface area contributed by atoms with Crippen molar-refractivity contribution in [1.29, 1.82) is 0 Å². The van der Waals surface area contributed by atoms with Crippen LogP contribution < -0.4 is 16.3 Å². The molecule has 1 rings (SSSR count). The normalized spacial score (nSPS) is 10.8. The van der Waals surface area contributed by atoms with Crippen molar-refractivity contribution in [3.05, 3.63) is 27.8 Å². The Morgan fingerprint density at radius 2 is 2.05 bits per heavy atom. The summed E-state index contributed by atoms with van der Waals surface area (Å²) in [6, 6.07) is 1.79. The van der Waals surface area contributed by atoms with Crippen molar-refractivity contribution in [2.45, 2.75) is 52.9 Å². The van der Waals surface area contributed by atoms with Gasteiger partial charge in [0, 0.05) is 26.1 Å². The lowest BCUT2D eigenvalue weighted by atomic mass is 10.1. The number of anilines is 1. The maximum absolute atomic E-state index is 12.1. The zero-order valence-electron chi connectivity index (χ0n) is 14.1. The lowest BCUT2D eigenvalue weighted by molar-refractivity contribution is 0.0959. The molecule has 0 fully saturated rings. The van der Waals surface area contributed by atoms with Crippen LogP contribution in [-0.4, -0.2) is 19.5 Å². The van der Waals surface area contributed by atoms with Gasteiger partial charge in [0.1, 0.15) is 11.3 Å². The molecule has 22 heavy (non-hydrogen) atoms. The standard InChI is InChI=1S/C17H28N2O3/c1-5-6-7-8-13-11-14(19-10-9-12(2)3)15(16(20)18-4)17(21)22-13/h11-12,19H,5-10H2,1-4H3,(H,18,20). The van der Waals surface area contributed by atoms with E-state index >= 15 is 0 Å². The van der Waals surface area contributed by atoms with E-state index in [9.17, 15) is 9.59 Å². The van der Waals surface area contributed by atoms with Gasteiger partial charge in [-0.05, 0) is 18.8 Å². The van der Waals surface area contributed by atoms with Crippen LogP contribution in [0.25, 0.3) is 0 Å². The van der Waals surface area contributed by atoms with Gasteiger partial charge < -0.3 is 15.1 Å². The highest BCUT2D eigenvalue weighted by Gasteiger charge is 2.18. The van der Waals surface area contributed by atoms with Crippen LogP contribution in [0.2, 0.25) is 0 Å². The molecule has 0 aliphatic heterocycles. The molecule has 1 aromatic rings. The molecule has 5 nitrogen and oxygen atoms in total. The van der Waals surface area contributed by atoms with Crippen molar-refractivity contribution in [3.63, 3.8) is 0 Å². The molecule has 0 aromatic carbocycles. The predicted molar refractivity (Wildman–Crippen MR) is 89.5 cm³/mol. The Morgan fingerprint density at radius 1 is 1.32 bits per heavy atom. The van der Waals surface area contributed by atoms with Crippen molar-refractivity contribution in [1.82, 2.24) is 5.32 Å². The van der Waals surface area contributed by atoms with Crippen LogP contribution in [0.3, 0.4) is 0 Å². The van der Waals surface area contributed by atoms with Crippen molar-refractivity contribution in [2.75, 3.05) is 18.9 Å². The second kappa shape index (κ2) is 9.28. The Morgan fingerprint density at radius 3 is 2.64 bits per heavy atom. The monoisotopic (exact) mass is 308 g/mol. The van der Waals surface area contributed by atoms with E-state index in [1.807, 2.05) is 0 Å². The topological polar surface area (TPSA) is 71.3 Å². The Bertz CT molecular complexity index is 535. The molecule has 2 N–H and O–H groups in total. The fraction of sp³-hybridized carbons (Fsp3) is 0.647. The largest absolute Gasteiger partial charge is 0.427 e. The number of hydrogen-bond donors (Lipinski definition) is 2. The van der Waals surface area contributed by atoms with E-state index in [2.05, 4.69) is 31.4 Å². The Kier molecular flexibility index (Phi) is 7.71. The average molecular weight is 308 g/mol. The molecule has 0 atom stereocenters. The molecule has 0 aliphatic rings. The predicted octanol–water partition coefficient (Wildman–Crippen LogP) is 3.19. The first kappa shape index (κ1) is 18.3. The number of rotatable bonds is 9. The zero-order chi connectivity index (χ0) is 16.5. The third-order valence-electron chi connectivity index (χ3n) is 3.52. The van der Waals surface area contributed by atoms with Crippen molar-refractivity contribution < 1.29 is 9.21 Å². The quantitative estimate of drug-likeness (QED) is 0.687. The smallest absolute Gasteiger partial charge is 0.350 e. The number of unbranched alkanes of at least 4 members (excludes halogenated alkanes) is 2. The summed E-state index contributed by atoms with van der Waals surface area (Å²) in [5.41, 5.74) is 0.0636. The maximum Gasteiger partial charge on any atom is 0.350 e. The molecule has 0 radical (unpaired) electrons. The average Bonchev–Trinajstić information content (AvgIpc) is 2.46. The van der Waals surface area contributed by atoms with Crippen LogP contribution >= 0.6 is 0 Å². The molecule has 0 aliphatic carbocycles. The van der Waals surface area contributed by atoms with Gasteiger partial charge in [-0.25, -0.2) is 4.79 Å². The molecular formula is C17H28N2O3. The molecule has 0 bridgehead atoms. The van der Waals surface area contributed by atoms with Gasteiger partial charge in [-0.15, -0.1) is 0 Å². The molecule has 1 heterocycles. The number of hydrogen-bond acceptors (Lipinski definition) is 4. The van der Waals surface area contributed by atoms with Gasteiger partial charge in [0.2, 0.25) is 0 Å². The van der Waals surface area contributed by atoms with Crippen molar-refractivity contribution in [3.8, 4) is 0 Å². The third kappa shape index (κ3) is 5.54. The minimum Gasteiger partial charge on any atom is -0.427 e. The lowest BCUT2D eigenvalue weighted by Gasteiger charge is -2.12. The first-order valence-corrected chi connectivity index (χ1v) is 8.12. The van der Waals surface area contributed by atoms with Crippen LogP contribution in [0, 0.1) is 5.92 Å². The summed E-state index contributed by atoms with van der Waals surface area (Å²) in [4.78, 5) is 24.0. The summed E-state index contributed by atoms with van der Waals surface area (Å²) in [6.45, 7) is 7.12. The van der Waals surface area contributed by atoms with Gasteiger partial charge in [-0.2, -0.15) is 0 Å². The summed E-state index contributed by atoms with van der Waals surface area (Å²) in [6.07, 6.45) is 4.87. The number of amides is 1. The number of nitrogens with one attached hydrogen (secondary N) is 2. The molecule has 1 amide bonds. The summed E-state index contributed by atoms with van der Waals surface area (Å²) < 4.78 is 5.29. The van der Waals surface area contributed by atoms with Crippen LogP contribution in [0.1, 0.15) is 62.6 Å². The van der Waals surface area contributed by atoms with Gasteiger partial charge >= 0.3 is 5.63 Å². The second-order valence-corrected chi connectivity index (χ2v) is 5.93. The number of carbonyl (C=O) groups excluding carboxylic acids is 1. The molecule has 0 saturated carbocycles.